The molecule has 2 aliphatic carbocycles. The first kappa shape index (κ1) is 22.5. The number of hydrogen-bond donors (Lipinski definition) is 1. The smallest absolute Gasteiger partial charge is 0.238 e. The van der Waals surface area contributed by atoms with Gasteiger partial charge in [0.2, 0.25) is 17.7 Å². The lowest BCUT2D eigenvalue weighted by Gasteiger charge is -2.17. The second-order valence-corrected chi connectivity index (χ2v) is 12.0. The van der Waals surface area contributed by atoms with Crippen LogP contribution >= 0.6 is 23.1 Å². The second-order valence-electron chi connectivity index (χ2n) is 9.75. The zero-order chi connectivity index (χ0) is 24.4. The van der Waals surface area contributed by atoms with E-state index < -0.39 is 0 Å². The molecule has 178 valence electrons. The summed E-state index contributed by atoms with van der Waals surface area (Å²) in [4.78, 5) is 44.9. The van der Waals surface area contributed by atoms with E-state index in [1.165, 1.54) is 33.6 Å². The highest BCUT2D eigenvalue weighted by Gasteiger charge is 2.59. The number of nitrogens with zero attached hydrogens (tertiary/aromatic N) is 2. The van der Waals surface area contributed by atoms with Crippen LogP contribution in [-0.4, -0.2) is 28.5 Å². The summed E-state index contributed by atoms with van der Waals surface area (Å²) >= 11 is 2.86. The van der Waals surface area contributed by atoms with Crippen molar-refractivity contribution in [1.29, 1.82) is 0 Å². The number of thioether (sulfide) groups is 1. The summed E-state index contributed by atoms with van der Waals surface area (Å²) in [5, 5.41) is 3.03. The number of hydrogen-bond acceptors (Lipinski definition) is 6. The highest BCUT2D eigenvalue weighted by molar-refractivity contribution is 8.01. The predicted octanol–water partition coefficient (Wildman–Crippen LogP) is 5.26. The number of allylic oxidation sites excluding steroid dienone is 2. The quantitative estimate of drug-likeness (QED) is 0.292. The molecule has 3 aromatic rings. The van der Waals surface area contributed by atoms with E-state index in [2.05, 4.69) is 34.6 Å². The van der Waals surface area contributed by atoms with Crippen LogP contribution in [0.1, 0.15) is 23.1 Å². The number of anilines is 2. The lowest BCUT2D eigenvalue weighted by molar-refractivity contribution is -0.123. The van der Waals surface area contributed by atoms with Gasteiger partial charge in [-0.1, -0.05) is 41.6 Å². The minimum Gasteiger partial charge on any atom is -0.325 e. The summed E-state index contributed by atoms with van der Waals surface area (Å²) < 4.78 is 1.68. The third kappa shape index (κ3) is 3.70. The van der Waals surface area contributed by atoms with Crippen LogP contribution < -0.4 is 10.2 Å². The van der Waals surface area contributed by atoms with Crippen LogP contribution in [0.5, 0.6) is 0 Å². The Morgan fingerprint density at radius 1 is 1.06 bits per heavy atom. The van der Waals surface area contributed by atoms with E-state index in [1.807, 2.05) is 32.9 Å². The number of nitrogens with one attached hydrogen (secondary N) is 1. The number of aryl methyl sites for hydroxylation is 3. The van der Waals surface area contributed by atoms with Gasteiger partial charge in [0.25, 0.3) is 0 Å². The van der Waals surface area contributed by atoms with Crippen LogP contribution in [0.15, 0.2) is 46.8 Å². The van der Waals surface area contributed by atoms with E-state index in [1.54, 1.807) is 6.07 Å². The molecule has 0 unspecified atom stereocenters. The molecular weight excluding hydrogens is 478 g/mol. The van der Waals surface area contributed by atoms with Gasteiger partial charge in [-0.3, -0.25) is 14.4 Å². The first-order valence-electron chi connectivity index (χ1n) is 11.8. The van der Waals surface area contributed by atoms with E-state index in [0.29, 0.717) is 5.69 Å². The molecule has 1 saturated carbocycles. The molecule has 3 amide bonds. The van der Waals surface area contributed by atoms with Gasteiger partial charge in [-0.25, -0.2) is 9.88 Å². The summed E-state index contributed by atoms with van der Waals surface area (Å²) in [6, 6.07) is 9.66. The fraction of sp³-hybridized carbons (Fsp3) is 0.333. The second kappa shape index (κ2) is 8.31. The first-order valence-corrected chi connectivity index (χ1v) is 13.6. The van der Waals surface area contributed by atoms with Crippen LogP contribution in [0.3, 0.4) is 0 Å². The molecule has 2 bridgehead atoms. The van der Waals surface area contributed by atoms with Gasteiger partial charge in [0.1, 0.15) is 0 Å². The number of carbonyl (C=O) groups is 3. The maximum absolute atomic E-state index is 13.1. The number of thiazole rings is 1. The van der Waals surface area contributed by atoms with E-state index >= 15 is 0 Å². The van der Waals surface area contributed by atoms with Crippen molar-refractivity contribution in [2.24, 2.45) is 23.7 Å². The maximum Gasteiger partial charge on any atom is 0.238 e. The Labute approximate surface area is 211 Å². The van der Waals surface area contributed by atoms with Crippen LogP contribution in [0.2, 0.25) is 0 Å². The summed E-state index contributed by atoms with van der Waals surface area (Å²) in [5.41, 5.74) is 5.55. The largest absolute Gasteiger partial charge is 0.325 e. The lowest BCUT2D eigenvalue weighted by atomic mass is 9.85. The molecule has 2 heterocycles. The molecule has 3 aliphatic rings. The van der Waals surface area contributed by atoms with Crippen molar-refractivity contribution in [3.8, 4) is 0 Å². The van der Waals surface area contributed by atoms with Crippen LogP contribution in [-0.2, 0) is 14.4 Å². The summed E-state index contributed by atoms with van der Waals surface area (Å²) in [6.45, 7) is 6.04. The highest BCUT2D eigenvalue weighted by atomic mass is 32.2. The lowest BCUT2D eigenvalue weighted by Crippen LogP contribution is -2.32. The number of carbonyl (C=O) groups excluding carboxylic acids is 3. The standard InChI is InChI=1S/C27H25N3O3S2/c1-13-8-14(2)24(15(3)9-13)29-21(31)12-34-27-28-19-7-6-18(11-20(19)35-27)30-25(32)22-16-4-5-17(10-16)23(22)26(30)33/h4-9,11,16-17,22-23H,10,12H2,1-3H3,(H,29,31)/t16-,17-,22-,23-/m0/s1. The molecule has 1 N–H and O–H groups in total. The van der Waals surface area contributed by atoms with Crippen molar-refractivity contribution in [1.82, 2.24) is 4.98 Å². The SMILES string of the molecule is Cc1cc(C)c(NC(=O)CSc2nc3ccc(N4C(=O)[C@@H]5[C@@H](C4=O)[C@H]4C=C[C@H]5C4)cc3s2)c(C)c1. The van der Waals surface area contributed by atoms with Crippen molar-refractivity contribution in [2.75, 3.05) is 16.0 Å². The van der Waals surface area contributed by atoms with Gasteiger partial charge in [-0.15, -0.1) is 11.3 Å². The number of amides is 3. The van der Waals surface area contributed by atoms with Gasteiger partial charge >= 0.3 is 0 Å². The fourth-order valence-electron chi connectivity index (χ4n) is 5.93. The minimum absolute atomic E-state index is 0.0753. The average molecular weight is 504 g/mol. The number of fused-ring (bicyclic) bond motifs is 6. The monoisotopic (exact) mass is 503 g/mol. The van der Waals surface area contributed by atoms with Gasteiger partial charge in [-0.2, -0.15) is 0 Å². The van der Waals surface area contributed by atoms with E-state index in [4.69, 9.17) is 0 Å². The minimum atomic E-state index is -0.208. The van der Waals surface area contributed by atoms with Crippen molar-refractivity contribution in [3.05, 3.63) is 59.2 Å². The molecule has 1 saturated heterocycles. The van der Waals surface area contributed by atoms with Crippen LogP contribution in [0.4, 0.5) is 11.4 Å². The molecule has 6 rings (SSSR count). The average Bonchev–Trinajstić information content (AvgIpc) is 3.57. The first-order chi connectivity index (χ1) is 16.8. The molecule has 8 heteroatoms. The van der Waals surface area contributed by atoms with E-state index in [9.17, 15) is 14.4 Å². The van der Waals surface area contributed by atoms with E-state index in [0.717, 1.165) is 37.8 Å². The highest BCUT2D eigenvalue weighted by Crippen LogP contribution is 2.53. The third-order valence-corrected chi connectivity index (χ3v) is 9.51. The van der Waals surface area contributed by atoms with Crippen LogP contribution in [0.25, 0.3) is 10.2 Å². The zero-order valence-corrected chi connectivity index (χ0v) is 21.3. The number of aromatic nitrogens is 1. The Morgan fingerprint density at radius 2 is 1.71 bits per heavy atom. The molecule has 2 aromatic carbocycles. The van der Waals surface area contributed by atoms with Gasteiger partial charge < -0.3 is 5.32 Å². The Hall–Kier alpha value is -2.97. The molecule has 6 nitrogen and oxygen atoms in total. The third-order valence-electron chi connectivity index (χ3n) is 7.35. The van der Waals surface area contributed by atoms with Crippen molar-refractivity contribution >= 4 is 62.4 Å². The Bertz CT molecular complexity index is 1390. The predicted molar refractivity (Wildman–Crippen MR) is 140 cm³/mol. The molecule has 0 spiro atoms. The maximum atomic E-state index is 13.1. The van der Waals surface area contributed by atoms with E-state index in [-0.39, 0.29) is 47.1 Å². The molecule has 2 fully saturated rings. The number of rotatable bonds is 5. The number of benzene rings is 2. The topological polar surface area (TPSA) is 79.4 Å². The van der Waals surface area contributed by atoms with Crippen LogP contribution in [0, 0.1) is 44.4 Å². The fourth-order valence-corrected chi connectivity index (χ4v) is 7.83. The van der Waals surface area contributed by atoms with Gasteiger partial charge in [-0.05, 0) is 68.4 Å². The van der Waals surface area contributed by atoms with Gasteiger partial charge in [0.05, 0.1) is 33.5 Å². The Balaban J connectivity index is 1.16. The summed E-state index contributed by atoms with van der Waals surface area (Å²) in [7, 11) is 0. The van der Waals surface area contributed by atoms with Crippen molar-refractivity contribution in [3.63, 3.8) is 0 Å². The number of imide groups is 1. The molecule has 0 radical (unpaired) electrons. The molecule has 4 atom stereocenters. The van der Waals surface area contributed by atoms with Gasteiger partial charge in [0.15, 0.2) is 4.34 Å². The van der Waals surface area contributed by atoms with Crippen molar-refractivity contribution in [2.45, 2.75) is 31.5 Å². The Kier molecular flexibility index (Phi) is 5.34. The van der Waals surface area contributed by atoms with Crippen molar-refractivity contribution < 1.29 is 14.4 Å². The molecule has 1 aliphatic heterocycles. The normalized spacial score (nSPS) is 24.6. The summed E-state index contributed by atoms with van der Waals surface area (Å²) in [6.07, 6.45) is 5.13. The zero-order valence-electron chi connectivity index (χ0n) is 19.7. The van der Waals surface area contributed by atoms with Gasteiger partial charge in [0, 0.05) is 5.69 Å². The molecule has 35 heavy (non-hydrogen) atoms. The molecule has 1 aromatic heterocycles. The Morgan fingerprint density at radius 3 is 2.37 bits per heavy atom. The summed E-state index contributed by atoms with van der Waals surface area (Å²) in [5.74, 6) is -0.00204. The molecular formula is C27H25N3O3S2.